The summed E-state index contributed by atoms with van der Waals surface area (Å²) in [6.45, 7) is 1.51. The van der Waals surface area contributed by atoms with Gasteiger partial charge in [0.2, 0.25) is 0 Å². The van der Waals surface area contributed by atoms with Gasteiger partial charge in [0, 0.05) is 20.2 Å². The molecule has 122 valence electrons. The van der Waals surface area contributed by atoms with Crippen LogP contribution >= 0.6 is 0 Å². The van der Waals surface area contributed by atoms with Gasteiger partial charge in [-0.1, -0.05) is 12.1 Å². The van der Waals surface area contributed by atoms with E-state index >= 15 is 0 Å². The van der Waals surface area contributed by atoms with Gasteiger partial charge in [-0.2, -0.15) is 0 Å². The van der Waals surface area contributed by atoms with Crippen LogP contribution in [0.4, 0.5) is 5.82 Å². The lowest BCUT2D eigenvalue weighted by atomic mass is 10.2. The molecule has 2 rings (SSSR count). The molecule has 2 N–H and O–H groups in total. The molecule has 0 aliphatic carbocycles. The lowest BCUT2D eigenvalue weighted by Gasteiger charge is -2.07. The van der Waals surface area contributed by atoms with E-state index < -0.39 is 0 Å². The van der Waals surface area contributed by atoms with E-state index in [1.54, 1.807) is 14.2 Å². The average Bonchev–Trinajstić information content (AvgIpc) is 2.61. The SMILES string of the molecule is COCCNC(=O)c1cnc(NCc2ccc(OC)cc2)cn1. The van der Waals surface area contributed by atoms with Crippen LogP contribution in [0.25, 0.3) is 0 Å². The lowest BCUT2D eigenvalue weighted by molar-refractivity contribution is 0.0932. The van der Waals surface area contributed by atoms with Gasteiger partial charge in [-0.15, -0.1) is 0 Å². The van der Waals surface area contributed by atoms with Crippen molar-refractivity contribution in [2.45, 2.75) is 6.54 Å². The minimum absolute atomic E-state index is 0.267. The van der Waals surface area contributed by atoms with Gasteiger partial charge < -0.3 is 20.1 Å². The van der Waals surface area contributed by atoms with Crippen molar-refractivity contribution in [3.05, 3.63) is 47.9 Å². The van der Waals surface area contributed by atoms with Crippen molar-refractivity contribution in [3.8, 4) is 5.75 Å². The van der Waals surface area contributed by atoms with Gasteiger partial charge in [0.1, 0.15) is 17.3 Å². The van der Waals surface area contributed by atoms with Crippen LogP contribution in [-0.4, -0.2) is 43.2 Å². The zero-order valence-corrected chi connectivity index (χ0v) is 13.2. The number of benzene rings is 1. The molecule has 23 heavy (non-hydrogen) atoms. The Morgan fingerprint density at radius 1 is 1.13 bits per heavy atom. The van der Waals surface area contributed by atoms with Gasteiger partial charge in [-0.3, -0.25) is 4.79 Å². The van der Waals surface area contributed by atoms with Gasteiger partial charge in [0.25, 0.3) is 5.91 Å². The monoisotopic (exact) mass is 316 g/mol. The van der Waals surface area contributed by atoms with E-state index in [4.69, 9.17) is 9.47 Å². The number of rotatable bonds is 8. The molecule has 0 aliphatic heterocycles. The first-order valence-electron chi connectivity index (χ1n) is 7.19. The average molecular weight is 316 g/mol. The molecule has 0 spiro atoms. The van der Waals surface area contributed by atoms with Crippen LogP contribution in [0.5, 0.6) is 5.75 Å². The summed E-state index contributed by atoms with van der Waals surface area (Å²) >= 11 is 0. The maximum absolute atomic E-state index is 11.8. The molecule has 1 aromatic heterocycles. The first kappa shape index (κ1) is 16.7. The van der Waals surface area contributed by atoms with Gasteiger partial charge in [0.05, 0.1) is 26.1 Å². The maximum atomic E-state index is 11.8. The molecular formula is C16H20N4O3. The molecule has 0 unspecified atom stereocenters. The summed E-state index contributed by atoms with van der Waals surface area (Å²) in [5, 5.41) is 5.84. The van der Waals surface area contributed by atoms with Crippen molar-refractivity contribution < 1.29 is 14.3 Å². The first-order chi connectivity index (χ1) is 11.2. The second-order valence-corrected chi connectivity index (χ2v) is 4.74. The molecular weight excluding hydrogens is 296 g/mol. The van der Waals surface area contributed by atoms with Gasteiger partial charge in [-0.05, 0) is 17.7 Å². The molecule has 7 nitrogen and oxygen atoms in total. The van der Waals surface area contributed by atoms with Crippen molar-refractivity contribution in [2.75, 3.05) is 32.7 Å². The highest BCUT2D eigenvalue weighted by Gasteiger charge is 2.07. The van der Waals surface area contributed by atoms with Crippen LogP contribution in [0.15, 0.2) is 36.7 Å². The van der Waals surface area contributed by atoms with Crippen LogP contribution < -0.4 is 15.4 Å². The normalized spacial score (nSPS) is 10.2. The van der Waals surface area contributed by atoms with Gasteiger partial charge in [0.15, 0.2) is 0 Å². The number of nitrogens with one attached hydrogen (secondary N) is 2. The second-order valence-electron chi connectivity index (χ2n) is 4.74. The van der Waals surface area contributed by atoms with Crippen LogP contribution in [0.3, 0.4) is 0 Å². The Labute approximate surface area is 135 Å². The van der Waals surface area contributed by atoms with Crippen LogP contribution in [0.1, 0.15) is 16.1 Å². The van der Waals surface area contributed by atoms with E-state index in [0.717, 1.165) is 11.3 Å². The number of hydrogen-bond acceptors (Lipinski definition) is 6. The largest absolute Gasteiger partial charge is 0.497 e. The zero-order valence-electron chi connectivity index (χ0n) is 13.2. The minimum Gasteiger partial charge on any atom is -0.497 e. The number of anilines is 1. The fraction of sp³-hybridized carbons (Fsp3) is 0.312. The number of ether oxygens (including phenoxy) is 2. The van der Waals surface area contributed by atoms with Crippen LogP contribution in [0.2, 0.25) is 0 Å². The summed E-state index contributed by atoms with van der Waals surface area (Å²) in [6.07, 6.45) is 2.98. The molecule has 0 radical (unpaired) electrons. The standard InChI is InChI=1S/C16H20N4O3/c1-22-8-7-17-16(21)14-10-20-15(11-18-14)19-9-12-3-5-13(23-2)6-4-12/h3-6,10-11H,7-9H2,1-2H3,(H,17,21)(H,19,20). The topological polar surface area (TPSA) is 85.4 Å². The molecule has 1 heterocycles. The van der Waals surface area contributed by atoms with E-state index in [0.29, 0.717) is 25.5 Å². The summed E-state index contributed by atoms with van der Waals surface area (Å²) in [5.74, 6) is 1.16. The van der Waals surface area contributed by atoms with Crippen LogP contribution in [-0.2, 0) is 11.3 Å². The predicted octanol–water partition coefficient (Wildman–Crippen LogP) is 1.47. The van der Waals surface area contributed by atoms with Crippen molar-refractivity contribution in [1.29, 1.82) is 0 Å². The number of amides is 1. The van der Waals surface area contributed by atoms with Crippen molar-refractivity contribution >= 4 is 11.7 Å². The Hall–Kier alpha value is -2.67. The molecule has 0 atom stereocenters. The molecule has 2 aromatic rings. The molecule has 7 heteroatoms. The molecule has 0 bridgehead atoms. The Kier molecular flexibility index (Phi) is 6.31. The fourth-order valence-electron chi connectivity index (χ4n) is 1.83. The van der Waals surface area contributed by atoms with E-state index in [2.05, 4.69) is 20.6 Å². The number of hydrogen-bond donors (Lipinski definition) is 2. The Morgan fingerprint density at radius 3 is 2.52 bits per heavy atom. The lowest BCUT2D eigenvalue weighted by Crippen LogP contribution is -2.27. The number of methoxy groups -OCH3 is 2. The highest BCUT2D eigenvalue weighted by Crippen LogP contribution is 2.12. The molecule has 0 saturated carbocycles. The predicted molar refractivity (Wildman–Crippen MR) is 86.6 cm³/mol. The number of aromatic nitrogens is 2. The Morgan fingerprint density at radius 2 is 1.91 bits per heavy atom. The third kappa shape index (κ3) is 5.23. The number of nitrogens with zero attached hydrogens (tertiary/aromatic N) is 2. The second kappa shape index (κ2) is 8.70. The number of carbonyl (C=O) groups is 1. The summed E-state index contributed by atoms with van der Waals surface area (Å²) in [5.41, 5.74) is 1.37. The minimum atomic E-state index is -0.267. The summed E-state index contributed by atoms with van der Waals surface area (Å²) < 4.78 is 9.98. The summed E-state index contributed by atoms with van der Waals surface area (Å²) in [6, 6.07) is 7.74. The quantitative estimate of drug-likeness (QED) is 0.718. The highest BCUT2D eigenvalue weighted by atomic mass is 16.5. The van der Waals surface area contributed by atoms with Crippen molar-refractivity contribution in [3.63, 3.8) is 0 Å². The van der Waals surface area contributed by atoms with E-state index in [9.17, 15) is 4.79 Å². The molecule has 0 aliphatic rings. The van der Waals surface area contributed by atoms with Crippen LogP contribution in [0, 0.1) is 0 Å². The molecule has 1 amide bonds. The number of carbonyl (C=O) groups excluding carboxylic acids is 1. The van der Waals surface area contributed by atoms with E-state index in [1.807, 2.05) is 24.3 Å². The molecule has 0 fully saturated rings. The molecule has 1 aromatic carbocycles. The van der Waals surface area contributed by atoms with E-state index in [1.165, 1.54) is 12.4 Å². The van der Waals surface area contributed by atoms with Crippen molar-refractivity contribution in [1.82, 2.24) is 15.3 Å². The van der Waals surface area contributed by atoms with Gasteiger partial charge in [-0.25, -0.2) is 9.97 Å². The molecule has 0 saturated heterocycles. The highest BCUT2D eigenvalue weighted by molar-refractivity contribution is 5.91. The fourth-order valence-corrected chi connectivity index (χ4v) is 1.83. The zero-order chi connectivity index (χ0) is 16.5. The summed E-state index contributed by atoms with van der Waals surface area (Å²) in [4.78, 5) is 20.1. The third-order valence-corrected chi connectivity index (χ3v) is 3.11. The van der Waals surface area contributed by atoms with Crippen molar-refractivity contribution in [2.24, 2.45) is 0 Å². The third-order valence-electron chi connectivity index (χ3n) is 3.11. The summed E-state index contributed by atoms with van der Waals surface area (Å²) in [7, 11) is 3.21. The Balaban J connectivity index is 1.85. The first-order valence-corrected chi connectivity index (χ1v) is 7.19. The smallest absolute Gasteiger partial charge is 0.271 e. The Bertz CT molecular complexity index is 614. The van der Waals surface area contributed by atoms with E-state index in [-0.39, 0.29) is 11.6 Å². The maximum Gasteiger partial charge on any atom is 0.271 e. The van der Waals surface area contributed by atoms with Gasteiger partial charge >= 0.3 is 0 Å².